The van der Waals surface area contributed by atoms with Gasteiger partial charge < -0.3 is 24.5 Å². The molecule has 29 heavy (non-hydrogen) atoms. The van der Waals surface area contributed by atoms with Gasteiger partial charge in [0.25, 0.3) is 5.88 Å². The summed E-state index contributed by atoms with van der Waals surface area (Å²) in [5.41, 5.74) is 0.980. The Morgan fingerprint density at radius 2 is 1.72 bits per heavy atom. The Balaban J connectivity index is 1.40. The number of carbonyl (C=O) groups is 1. The third kappa shape index (κ3) is 3.63. The monoisotopic (exact) mass is 403 g/mol. The maximum absolute atomic E-state index is 12.6. The number of ether oxygens (including phenoxy) is 1. The quantitative estimate of drug-likeness (QED) is 0.782. The van der Waals surface area contributed by atoms with Crippen LogP contribution in [-0.2, 0) is 13.1 Å². The van der Waals surface area contributed by atoms with Gasteiger partial charge in [0, 0.05) is 51.5 Å². The van der Waals surface area contributed by atoms with Crippen LogP contribution in [0.1, 0.15) is 5.69 Å². The SMILES string of the molecule is COc1ccc(N2CCN(C(=O)On3c(O)c4n(c3=O)CCN(C)C4)CC2)cc1. The normalized spacial score (nSPS) is 17.2. The second-order valence-corrected chi connectivity index (χ2v) is 7.27. The van der Waals surface area contributed by atoms with E-state index in [0.717, 1.165) is 11.4 Å². The molecule has 1 amide bonds. The van der Waals surface area contributed by atoms with Gasteiger partial charge in [-0.25, -0.2) is 9.59 Å². The van der Waals surface area contributed by atoms with Crippen molar-refractivity contribution < 1.29 is 19.5 Å². The van der Waals surface area contributed by atoms with Crippen LogP contribution in [0.3, 0.4) is 0 Å². The summed E-state index contributed by atoms with van der Waals surface area (Å²) < 4.78 is 7.33. The number of nitrogens with zero attached hydrogens (tertiary/aromatic N) is 5. The summed E-state index contributed by atoms with van der Waals surface area (Å²) in [6.07, 6.45) is -0.645. The van der Waals surface area contributed by atoms with Gasteiger partial charge in [-0.1, -0.05) is 4.73 Å². The van der Waals surface area contributed by atoms with Crippen LogP contribution in [0, 0.1) is 0 Å². The van der Waals surface area contributed by atoms with Crippen molar-refractivity contribution in [3.8, 4) is 11.6 Å². The zero-order valence-corrected chi connectivity index (χ0v) is 16.6. The molecule has 4 rings (SSSR count). The molecule has 1 aromatic heterocycles. The zero-order chi connectivity index (χ0) is 20.5. The number of hydrogen-bond donors (Lipinski definition) is 1. The van der Waals surface area contributed by atoms with Crippen molar-refractivity contribution >= 4 is 11.8 Å². The predicted octanol–water partition coefficient (Wildman–Crippen LogP) is 0.180. The molecule has 2 aliphatic rings. The molecule has 0 unspecified atom stereocenters. The number of aromatic nitrogens is 2. The third-order valence-electron chi connectivity index (χ3n) is 5.45. The Hall–Kier alpha value is -3.14. The van der Waals surface area contributed by atoms with E-state index in [-0.39, 0.29) is 5.88 Å². The molecule has 10 nitrogen and oxygen atoms in total. The lowest BCUT2D eigenvalue weighted by molar-refractivity contribution is 0.0773. The summed E-state index contributed by atoms with van der Waals surface area (Å²) in [6, 6.07) is 7.76. The highest BCUT2D eigenvalue weighted by atomic mass is 16.7. The van der Waals surface area contributed by atoms with Crippen molar-refractivity contribution in [2.24, 2.45) is 0 Å². The molecule has 10 heteroatoms. The molecule has 1 saturated heterocycles. The first-order valence-corrected chi connectivity index (χ1v) is 9.56. The molecule has 1 fully saturated rings. The highest BCUT2D eigenvalue weighted by Gasteiger charge is 2.29. The summed E-state index contributed by atoms with van der Waals surface area (Å²) in [7, 11) is 3.53. The largest absolute Gasteiger partial charge is 0.497 e. The topological polar surface area (TPSA) is 92.4 Å². The van der Waals surface area contributed by atoms with E-state index >= 15 is 0 Å². The van der Waals surface area contributed by atoms with Crippen LogP contribution in [0.2, 0.25) is 0 Å². The highest BCUT2D eigenvalue weighted by molar-refractivity contribution is 5.68. The minimum absolute atomic E-state index is 0.313. The van der Waals surface area contributed by atoms with Gasteiger partial charge in [0.2, 0.25) is 0 Å². The molecule has 1 N–H and O–H groups in total. The Bertz CT molecular complexity index is 943. The van der Waals surface area contributed by atoms with Crippen molar-refractivity contribution in [2.45, 2.75) is 13.1 Å². The number of methoxy groups -OCH3 is 1. The zero-order valence-electron chi connectivity index (χ0n) is 16.6. The Kier molecular flexibility index (Phi) is 5.10. The Morgan fingerprint density at radius 3 is 2.38 bits per heavy atom. The van der Waals surface area contributed by atoms with Crippen LogP contribution in [0.4, 0.5) is 10.5 Å². The fourth-order valence-electron chi connectivity index (χ4n) is 3.70. The minimum atomic E-state index is -0.645. The first-order valence-electron chi connectivity index (χ1n) is 9.56. The average Bonchev–Trinajstić information content (AvgIpc) is 2.98. The molecular weight excluding hydrogens is 378 g/mol. The van der Waals surface area contributed by atoms with Crippen LogP contribution >= 0.6 is 0 Å². The molecule has 3 heterocycles. The van der Waals surface area contributed by atoms with Crippen molar-refractivity contribution in [3.05, 3.63) is 40.4 Å². The first-order chi connectivity index (χ1) is 14.0. The molecule has 0 radical (unpaired) electrons. The maximum Gasteiger partial charge on any atom is 0.434 e. The first kappa shape index (κ1) is 19.2. The predicted molar refractivity (Wildman–Crippen MR) is 105 cm³/mol. The fraction of sp³-hybridized carbons (Fsp3) is 0.474. The number of anilines is 1. The number of imidazole rings is 1. The number of piperazine rings is 1. The van der Waals surface area contributed by atoms with E-state index in [1.54, 1.807) is 7.11 Å². The van der Waals surface area contributed by atoms with Gasteiger partial charge in [0.05, 0.1) is 7.11 Å². The minimum Gasteiger partial charge on any atom is -0.497 e. The Labute approximate surface area is 168 Å². The molecule has 2 aromatic rings. The van der Waals surface area contributed by atoms with E-state index in [1.165, 1.54) is 9.47 Å². The van der Waals surface area contributed by atoms with Crippen molar-refractivity contribution in [3.63, 3.8) is 0 Å². The van der Waals surface area contributed by atoms with Gasteiger partial charge in [-0.2, -0.15) is 0 Å². The molecule has 2 aliphatic heterocycles. The molecule has 0 saturated carbocycles. The summed E-state index contributed by atoms with van der Waals surface area (Å²) in [5, 5.41) is 10.4. The van der Waals surface area contributed by atoms with Crippen molar-refractivity contribution in [2.75, 3.05) is 51.8 Å². The second-order valence-electron chi connectivity index (χ2n) is 7.27. The van der Waals surface area contributed by atoms with E-state index in [0.29, 0.717) is 56.2 Å². The molecule has 1 aromatic carbocycles. The van der Waals surface area contributed by atoms with E-state index in [4.69, 9.17) is 9.57 Å². The molecule has 0 atom stereocenters. The number of fused-ring (bicyclic) bond motifs is 1. The van der Waals surface area contributed by atoms with E-state index in [1.807, 2.05) is 36.2 Å². The number of amides is 1. The molecule has 0 spiro atoms. The van der Waals surface area contributed by atoms with E-state index in [2.05, 4.69) is 4.90 Å². The molecule has 156 valence electrons. The van der Waals surface area contributed by atoms with Gasteiger partial charge in [0.15, 0.2) is 0 Å². The number of benzene rings is 1. The van der Waals surface area contributed by atoms with Crippen LogP contribution in [0.5, 0.6) is 11.6 Å². The van der Waals surface area contributed by atoms with Crippen molar-refractivity contribution in [1.29, 1.82) is 0 Å². The van der Waals surface area contributed by atoms with Gasteiger partial charge in [-0.05, 0) is 31.3 Å². The van der Waals surface area contributed by atoms with E-state index in [9.17, 15) is 14.7 Å². The lowest BCUT2D eigenvalue weighted by atomic mass is 10.2. The summed E-state index contributed by atoms with van der Waals surface area (Å²) >= 11 is 0. The van der Waals surface area contributed by atoms with Gasteiger partial charge in [-0.3, -0.25) is 9.47 Å². The summed E-state index contributed by atoms with van der Waals surface area (Å²) in [6.45, 7) is 3.75. The second kappa shape index (κ2) is 7.70. The maximum atomic E-state index is 12.6. The molecule has 0 aliphatic carbocycles. The number of rotatable bonds is 3. The van der Waals surface area contributed by atoms with Crippen LogP contribution in [0.15, 0.2) is 29.1 Å². The standard InChI is InChI=1S/C19H25N5O5/c1-20-7-12-23-16(13-20)17(25)24(18(23)26)29-19(27)22-10-8-21(9-11-22)14-3-5-15(28-2)6-4-14/h3-6,25H,7-13H2,1-2H3. The number of carbonyl (C=O) groups excluding carboxylic acids is 1. The number of aromatic hydroxyl groups is 1. The third-order valence-corrected chi connectivity index (χ3v) is 5.45. The van der Waals surface area contributed by atoms with Crippen LogP contribution in [0.25, 0.3) is 0 Å². The molecule has 0 bridgehead atoms. The number of likely N-dealkylation sites (N-methyl/N-ethyl adjacent to an activating group) is 1. The summed E-state index contributed by atoms with van der Waals surface area (Å²) in [5.74, 6) is 0.481. The van der Waals surface area contributed by atoms with E-state index < -0.39 is 11.8 Å². The van der Waals surface area contributed by atoms with Gasteiger partial charge >= 0.3 is 11.8 Å². The lowest BCUT2D eigenvalue weighted by Gasteiger charge is -2.35. The van der Waals surface area contributed by atoms with Crippen molar-refractivity contribution in [1.82, 2.24) is 19.1 Å². The fourth-order valence-corrected chi connectivity index (χ4v) is 3.70. The van der Waals surface area contributed by atoms with Crippen LogP contribution in [-0.4, -0.2) is 77.2 Å². The van der Waals surface area contributed by atoms with Crippen LogP contribution < -0.4 is 20.2 Å². The average molecular weight is 403 g/mol. The Morgan fingerprint density at radius 1 is 1.03 bits per heavy atom. The lowest BCUT2D eigenvalue weighted by Crippen LogP contribution is -2.51. The summed E-state index contributed by atoms with van der Waals surface area (Å²) in [4.78, 5) is 36.0. The molecular formula is C19H25N5O5. The van der Waals surface area contributed by atoms with Gasteiger partial charge in [0.1, 0.15) is 11.4 Å². The number of hydrogen-bond acceptors (Lipinski definition) is 7. The van der Waals surface area contributed by atoms with Gasteiger partial charge in [-0.15, -0.1) is 0 Å². The highest BCUT2D eigenvalue weighted by Crippen LogP contribution is 2.22. The smallest absolute Gasteiger partial charge is 0.434 e.